The number of hydrogen-bond acceptors (Lipinski definition) is 3. The third-order valence-corrected chi connectivity index (χ3v) is 3.19. The summed E-state index contributed by atoms with van der Waals surface area (Å²) in [5.41, 5.74) is 7.11. The average molecular weight is 247 g/mol. The van der Waals surface area contributed by atoms with Crippen molar-refractivity contribution < 1.29 is 9.59 Å². The van der Waals surface area contributed by atoms with Gasteiger partial charge in [-0.05, 0) is 11.6 Å². The van der Waals surface area contributed by atoms with Gasteiger partial charge >= 0.3 is 0 Å². The van der Waals surface area contributed by atoms with Gasteiger partial charge in [-0.15, -0.1) is 0 Å². The molecule has 0 fully saturated rings. The van der Waals surface area contributed by atoms with Crippen molar-refractivity contribution in [3.05, 3.63) is 29.8 Å². The number of anilines is 1. The van der Waals surface area contributed by atoms with Crippen LogP contribution in [0.1, 0.15) is 24.4 Å². The Morgan fingerprint density at radius 2 is 2.22 bits per heavy atom. The molecule has 1 aromatic carbocycles. The molecule has 5 nitrogen and oxygen atoms in total. The molecule has 1 aliphatic rings. The van der Waals surface area contributed by atoms with Crippen LogP contribution in [0.3, 0.4) is 0 Å². The summed E-state index contributed by atoms with van der Waals surface area (Å²) in [6.45, 7) is 0.491. The van der Waals surface area contributed by atoms with Crippen LogP contribution in [-0.4, -0.2) is 25.4 Å². The number of amides is 2. The third-order valence-electron chi connectivity index (χ3n) is 3.19. The smallest absolute Gasteiger partial charge is 0.228 e. The lowest BCUT2D eigenvalue weighted by molar-refractivity contribution is -0.119. The van der Waals surface area contributed by atoms with E-state index >= 15 is 0 Å². The number of carbonyl (C=O) groups excluding carboxylic acids is 2. The van der Waals surface area contributed by atoms with Crippen LogP contribution < -0.4 is 16.0 Å². The zero-order chi connectivity index (χ0) is 13.1. The number of nitrogens with two attached hydrogens (primary N) is 1. The van der Waals surface area contributed by atoms with E-state index in [1.165, 1.54) is 0 Å². The molecule has 0 bridgehead atoms. The van der Waals surface area contributed by atoms with Crippen LogP contribution in [0.25, 0.3) is 0 Å². The lowest BCUT2D eigenvalue weighted by atomic mass is 9.96. The van der Waals surface area contributed by atoms with Gasteiger partial charge in [0.25, 0.3) is 0 Å². The maximum absolute atomic E-state index is 11.9. The van der Waals surface area contributed by atoms with E-state index in [1.54, 1.807) is 11.9 Å². The molecule has 96 valence electrons. The minimum absolute atomic E-state index is 0.0377. The van der Waals surface area contributed by atoms with Crippen molar-refractivity contribution in [2.24, 2.45) is 5.73 Å². The standard InChI is InChI=1S/C13H17N3O2/c1-16-11-5-3-2-4-9(11)10(8-13(16)18)15-7-6-12(14)17/h2-5,10,15H,6-8H2,1H3,(H2,14,17). The van der Waals surface area contributed by atoms with Crippen molar-refractivity contribution in [2.75, 3.05) is 18.5 Å². The number of nitrogens with one attached hydrogen (secondary N) is 1. The Bertz CT molecular complexity index is 473. The van der Waals surface area contributed by atoms with E-state index in [0.29, 0.717) is 13.0 Å². The fourth-order valence-corrected chi connectivity index (χ4v) is 2.20. The lowest BCUT2D eigenvalue weighted by Crippen LogP contribution is -2.38. The molecule has 2 rings (SSSR count). The summed E-state index contributed by atoms with van der Waals surface area (Å²) >= 11 is 0. The van der Waals surface area contributed by atoms with E-state index in [9.17, 15) is 9.59 Å². The number of carbonyl (C=O) groups is 2. The van der Waals surface area contributed by atoms with Crippen LogP contribution in [0, 0.1) is 0 Å². The molecule has 0 radical (unpaired) electrons. The molecule has 1 atom stereocenters. The molecule has 1 heterocycles. The minimum Gasteiger partial charge on any atom is -0.370 e. The van der Waals surface area contributed by atoms with Crippen LogP contribution in [0.5, 0.6) is 0 Å². The first-order chi connectivity index (χ1) is 8.59. The highest BCUT2D eigenvalue weighted by Crippen LogP contribution is 2.33. The quantitative estimate of drug-likeness (QED) is 0.816. The zero-order valence-electron chi connectivity index (χ0n) is 10.3. The van der Waals surface area contributed by atoms with Gasteiger partial charge in [-0.2, -0.15) is 0 Å². The van der Waals surface area contributed by atoms with Crippen LogP contribution in [0.2, 0.25) is 0 Å². The molecule has 5 heteroatoms. The summed E-state index contributed by atoms with van der Waals surface area (Å²) in [7, 11) is 1.78. The highest BCUT2D eigenvalue weighted by molar-refractivity contribution is 5.96. The van der Waals surface area contributed by atoms with E-state index in [-0.39, 0.29) is 24.3 Å². The van der Waals surface area contributed by atoms with Crippen LogP contribution >= 0.6 is 0 Å². The predicted molar refractivity (Wildman–Crippen MR) is 69.0 cm³/mol. The van der Waals surface area contributed by atoms with Gasteiger partial charge in [0.05, 0.1) is 0 Å². The SMILES string of the molecule is CN1C(=O)CC(NCCC(N)=O)c2ccccc21. The molecule has 0 saturated heterocycles. The van der Waals surface area contributed by atoms with Gasteiger partial charge in [-0.25, -0.2) is 0 Å². The number of para-hydroxylation sites is 1. The van der Waals surface area contributed by atoms with E-state index in [4.69, 9.17) is 5.73 Å². The van der Waals surface area contributed by atoms with E-state index < -0.39 is 0 Å². The van der Waals surface area contributed by atoms with Gasteiger partial charge in [0.2, 0.25) is 11.8 Å². The first-order valence-electron chi connectivity index (χ1n) is 5.96. The van der Waals surface area contributed by atoms with E-state index in [1.807, 2.05) is 24.3 Å². The Kier molecular flexibility index (Phi) is 3.62. The number of primary amides is 1. The van der Waals surface area contributed by atoms with Gasteiger partial charge in [-0.1, -0.05) is 18.2 Å². The normalized spacial score (nSPS) is 18.6. The van der Waals surface area contributed by atoms with Crippen LogP contribution in [0.15, 0.2) is 24.3 Å². The molecule has 2 amide bonds. The Hall–Kier alpha value is -1.88. The summed E-state index contributed by atoms with van der Waals surface area (Å²) in [6.07, 6.45) is 0.689. The first kappa shape index (κ1) is 12.6. The largest absolute Gasteiger partial charge is 0.370 e. The first-order valence-corrected chi connectivity index (χ1v) is 5.96. The monoisotopic (exact) mass is 247 g/mol. The van der Waals surface area contributed by atoms with Crippen LogP contribution in [0.4, 0.5) is 5.69 Å². The van der Waals surface area contributed by atoms with E-state index in [0.717, 1.165) is 11.3 Å². The Morgan fingerprint density at radius 1 is 1.50 bits per heavy atom. The van der Waals surface area contributed by atoms with Crippen LogP contribution in [-0.2, 0) is 9.59 Å². The van der Waals surface area contributed by atoms with Crippen molar-refractivity contribution in [3.63, 3.8) is 0 Å². The number of hydrogen-bond donors (Lipinski definition) is 2. The van der Waals surface area contributed by atoms with Gasteiger partial charge in [0, 0.05) is 38.2 Å². The molecular weight excluding hydrogens is 230 g/mol. The van der Waals surface area contributed by atoms with Crippen molar-refractivity contribution in [3.8, 4) is 0 Å². The topological polar surface area (TPSA) is 75.4 Å². The molecular formula is C13H17N3O2. The lowest BCUT2D eigenvalue weighted by Gasteiger charge is -2.32. The third kappa shape index (κ3) is 2.51. The molecule has 1 unspecified atom stereocenters. The van der Waals surface area contributed by atoms with Gasteiger partial charge in [0.1, 0.15) is 0 Å². The highest BCUT2D eigenvalue weighted by atomic mass is 16.2. The van der Waals surface area contributed by atoms with E-state index in [2.05, 4.69) is 5.32 Å². The fraction of sp³-hybridized carbons (Fsp3) is 0.385. The van der Waals surface area contributed by atoms with Crippen molar-refractivity contribution in [1.82, 2.24) is 5.32 Å². The molecule has 3 N–H and O–H groups in total. The van der Waals surface area contributed by atoms with Crippen molar-refractivity contribution in [2.45, 2.75) is 18.9 Å². The second kappa shape index (κ2) is 5.18. The zero-order valence-corrected chi connectivity index (χ0v) is 10.3. The Morgan fingerprint density at radius 3 is 2.94 bits per heavy atom. The second-order valence-corrected chi connectivity index (χ2v) is 4.44. The number of fused-ring (bicyclic) bond motifs is 1. The highest BCUT2D eigenvalue weighted by Gasteiger charge is 2.28. The molecule has 18 heavy (non-hydrogen) atoms. The van der Waals surface area contributed by atoms with Crippen molar-refractivity contribution in [1.29, 1.82) is 0 Å². The number of nitrogens with zero attached hydrogens (tertiary/aromatic N) is 1. The summed E-state index contributed by atoms with van der Waals surface area (Å²) in [5, 5.41) is 3.21. The Balaban J connectivity index is 2.14. The molecule has 0 saturated carbocycles. The van der Waals surface area contributed by atoms with Gasteiger partial charge in [-0.3, -0.25) is 9.59 Å². The number of benzene rings is 1. The molecule has 0 spiro atoms. The molecule has 0 aliphatic carbocycles. The average Bonchev–Trinajstić information content (AvgIpc) is 2.35. The maximum Gasteiger partial charge on any atom is 0.228 e. The van der Waals surface area contributed by atoms with Gasteiger partial charge in [0.15, 0.2) is 0 Å². The minimum atomic E-state index is -0.338. The summed E-state index contributed by atoms with van der Waals surface area (Å²) in [6, 6.07) is 7.75. The predicted octanol–water partition coefficient (Wildman–Crippen LogP) is 0.559. The van der Waals surface area contributed by atoms with Crippen molar-refractivity contribution >= 4 is 17.5 Å². The maximum atomic E-state index is 11.9. The fourth-order valence-electron chi connectivity index (χ4n) is 2.20. The summed E-state index contributed by atoms with van der Waals surface area (Å²) < 4.78 is 0. The molecule has 1 aromatic rings. The Labute approximate surface area is 106 Å². The number of rotatable bonds is 4. The molecule has 0 aromatic heterocycles. The summed E-state index contributed by atoms with van der Waals surface area (Å²) in [4.78, 5) is 24.2. The second-order valence-electron chi connectivity index (χ2n) is 4.44. The van der Waals surface area contributed by atoms with Gasteiger partial charge < -0.3 is 16.0 Å². The molecule has 1 aliphatic heterocycles. The summed E-state index contributed by atoms with van der Waals surface area (Å²) in [5.74, 6) is -0.264.